The number of hydrogen-bond donors (Lipinski definition) is 2. The molecule has 0 aromatic heterocycles. The fourth-order valence-corrected chi connectivity index (χ4v) is 3.64. The monoisotopic (exact) mass is 408 g/mol. The predicted octanol–water partition coefficient (Wildman–Crippen LogP) is 3.38. The second-order valence-corrected chi connectivity index (χ2v) is 6.54. The Balaban J connectivity index is 2.13. The molecule has 1 unspecified atom stereocenters. The third kappa shape index (κ3) is 2.62. The van der Waals surface area contributed by atoms with Crippen LogP contribution in [0.4, 0.5) is 11.4 Å². The molecule has 1 aliphatic rings. The molecule has 1 heterocycles. The largest absolute Gasteiger partial charge is 0.508 e. The van der Waals surface area contributed by atoms with Crippen molar-refractivity contribution in [2.24, 2.45) is 0 Å². The van der Waals surface area contributed by atoms with Gasteiger partial charge >= 0.3 is 11.7 Å². The van der Waals surface area contributed by atoms with Gasteiger partial charge in [-0.25, -0.2) is 4.79 Å². The van der Waals surface area contributed by atoms with Gasteiger partial charge in [0, 0.05) is 17.2 Å². The van der Waals surface area contributed by atoms with Crippen LogP contribution in [0.25, 0.3) is 0 Å². The number of phenols is 2. The lowest BCUT2D eigenvalue weighted by Gasteiger charge is -2.29. The molecule has 10 heteroatoms. The van der Waals surface area contributed by atoms with E-state index in [-0.39, 0.29) is 28.0 Å². The molecular formula is C20H12N2O8. The van der Waals surface area contributed by atoms with E-state index in [1.165, 1.54) is 30.3 Å². The summed E-state index contributed by atoms with van der Waals surface area (Å²) < 4.78 is 5.67. The summed E-state index contributed by atoms with van der Waals surface area (Å²) in [5, 5.41) is 42.7. The van der Waals surface area contributed by atoms with Gasteiger partial charge in [0.05, 0.1) is 27.0 Å². The molecule has 0 radical (unpaired) electrons. The van der Waals surface area contributed by atoms with Crippen molar-refractivity contribution in [1.82, 2.24) is 0 Å². The van der Waals surface area contributed by atoms with Gasteiger partial charge in [-0.3, -0.25) is 20.2 Å². The van der Waals surface area contributed by atoms with E-state index < -0.39 is 38.5 Å². The van der Waals surface area contributed by atoms with Gasteiger partial charge in [0.25, 0.3) is 5.69 Å². The second-order valence-electron chi connectivity index (χ2n) is 6.54. The zero-order chi connectivity index (χ0) is 21.6. The highest BCUT2D eigenvalue weighted by Gasteiger charge is 2.52. The van der Waals surface area contributed by atoms with Crippen LogP contribution in [-0.2, 0) is 10.3 Å². The number of benzene rings is 3. The summed E-state index contributed by atoms with van der Waals surface area (Å²) in [4.78, 5) is 34.2. The van der Waals surface area contributed by atoms with Gasteiger partial charge < -0.3 is 14.9 Å². The summed E-state index contributed by atoms with van der Waals surface area (Å²) in [5.41, 5.74) is -2.81. The first kappa shape index (κ1) is 18.9. The average molecular weight is 408 g/mol. The molecule has 0 amide bonds. The fraction of sp³-hybridized carbons (Fsp3) is 0.0500. The summed E-state index contributed by atoms with van der Waals surface area (Å²) in [7, 11) is 0. The van der Waals surface area contributed by atoms with Crippen molar-refractivity contribution in [2.75, 3.05) is 0 Å². The Hall–Kier alpha value is -4.47. The van der Waals surface area contributed by atoms with Crippen molar-refractivity contribution in [3.63, 3.8) is 0 Å². The van der Waals surface area contributed by atoms with Gasteiger partial charge in [0.1, 0.15) is 5.75 Å². The molecule has 1 atom stereocenters. The normalized spacial score (nSPS) is 17.3. The second kappa shape index (κ2) is 6.55. The summed E-state index contributed by atoms with van der Waals surface area (Å²) in [5.74, 6) is -1.77. The van der Waals surface area contributed by atoms with Crippen LogP contribution in [0.15, 0.2) is 60.7 Å². The Morgan fingerprint density at radius 1 is 0.833 bits per heavy atom. The molecule has 0 bridgehead atoms. The van der Waals surface area contributed by atoms with Crippen molar-refractivity contribution in [3.8, 4) is 11.5 Å². The Morgan fingerprint density at radius 2 is 1.53 bits per heavy atom. The Labute approximate surface area is 167 Å². The number of nitro groups is 2. The van der Waals surface area contributed by atoms with E-state index >= 15 is 0 Å². The number of carbonyl (C=O) groups is 1. The maximum absolute atomic E-state index is 12.6. The Kier molecular flexibility index (Phi) is 4.12. The van der Waals surface area contributed by atoms with Crippen LogP contribution in [-0.4, -0.2) is 26.0 Å². The Morgan fingerprint density at radius 3 is 2.23 bits per heavy atom. The van der Waals surface area contributed by atoms with Gasteiger partial charge in [-0.2, -0.15) is 0 Å². The zero-order valence-corrected chi connectivity index (χ0v) is 15.0. The quantitative estimate of drug-likeness (QED) is 0.378. The van der Waals surface area contributed by atoms with E-state index in [2.05, 4.69) is 0 Å². The molecular weight excluding hydrogens is 396 g/mol. The number of rotatable bonds is 4. The molecule has 3 aromatic rings. The van der Waals surface area contributed by atoms with Crippen LogP contribution in [0.3, 0.4) is 0 Å². The number of esters is 1. The van der Waals surface area contributed by atoms with Crippen molar-refractivity contribution in [2.45, 2.75) is 5.60 Å². The number of nitro benzene ring substituents is 2. The van der Waals surface area contributed by atoms with Crippen molar-refractivity contribution >= 4 is 17.3 Å². The highest BCUT2D eigenvalue weighted by molar-refractivity contribution is 5.96. The Bertz CT molecular complexity index is 1240. The summed E-state index contributed by atoms with van der Waals surface area (Å²) in [6, 6.07) is 12.8. The van der Waals surface area contributed by atoms with Crippen molar-refractivity contribution in [1.29, 1.82) is 0 Å². The number of nitrogens with zero attached hydrogens (tertiary/aromatic N) is 2. The number of phenolic OH excluding ortho intramolecular Hbond substituents is 2. The molecule has 2 N–H and O–H groups in total. The van der Waals surface area contributed by atoms with E-state index in [0.717, 1.165) is 18.2 Å². The fourth-order valence-electron chi connectivity index (χ4n) is 3.64. The maximum Gasteiger partial charge on any atom is 0.340 e. The predicted molar refractivity (Wildman–Crippen MR) is 101 cm³/mol. The van der Waals surface area contributed by atoms with E-state index in [1.807, 2.05) is 0 Å². The van der Waals surface area contributed by atoms with Gasteiger partial charge in [-0.15, -0.1) is 0 Å². The molecule has 1 aliphatic heterocycles. The molecule has 150 valence electrons. The standard InChI is InChI=1S/C20H12N2O8/c23-12-6-7-15(16(10-12)21(26)27)20(11-5-8-18(24)17(9-11)22(28)29)14-4-2-1-3-13(14)19(25)30-20/h1-10,23-24H. The van der Waals surface area contributed by atoms with Crippen LogP contribution in [0, 0.1) is 20.2 Å². The SMILES string of the molecule is O=C1OC(c2ccc(O)c([N+](=O)[O-])c2)(c2ccc(O)cc2[N+](=O)[O-])c2ccccc21. The molecule has 0 fully saturated rings. The van der Waals surface area contributed by atoms with Gasteiger partial charge in [-0.05, 0) is 24.3 Å². The first-order valence-corrected chi connectivity index (χ1v) is 8.54. The first-order valence-electron chi connectivity index (χ1n) is 8.54. The molecule has 10 nitrogen and oxygen atoms in total. The first-order chi connectivity index (χ1) is 14.3. The van der Waals surface area contributed by atoms with E-state index in [0.29, 0.717) is 0 Å². The number of cyclic esters (lactones) is 1. The topological polar surface area (TPSA) is 153 Å². The lowest BCUT2D eigenvalue weighted by molar-refractivity contribution is -0.386. The van der Waals surface area contributed by atoms with Crippen LogP contribution in [0.2, 0.25) is 0 Å². The molecule has 4 rings (SSSR count). The smallest absolute Gasteiger partial charge is 0.340 e. The summed E-state index contributed by atoms with van der Waals surface area (Å²) >= 11 is 0. The minimum absolute atomic E-state index is 0.0269. The van der Waals surface area contributed by atoms with Crippen LogP contribution >= 0.6 is 0 Å². The van der Waals surface area contributed by atoms with Crippen molar-refractivity contribution in [3.05, 3.63) is 103 Å². The summed E-state index contributed by atoms with van der Waals surface area (Å²) in [6.07, 6.45) is 0. The van der Waals surface area contributed by atoms with Crippen LogP contribution < -0.4 is 0 Å². The third-order valence-corrected chi connectivity index (χ3v) is 4.91. The summed E-state index contributed by atoms with van der Waals surface area (Å²) in [6.45, 7) is 0. The van der Waals surface area contributed by atoms with E-state index in [4.69, 9.17) is 4.74 Å². The lowest BCUT2D eigenvalue weighted by atomic mass is 9.79. The average Bonchev–Trinajstić information content (AvgIpc) is 3.01. The number of ether oxygens (including phenoxy) is 1. The molecule has 3 aromatic carbocycles. The highest BCUT2D eigenvalue weighted by Crippen LogP contribution is 2.51. The van der Waals surface area contributed by atoms with Gasteiger partial charge in [-0.1, -0.05) is 24.3 Å². The number of fused-ring (bicyclic) bond motifs is 1. The van der Waals surface area contributed by atoms with Crippen LogP contribution in [0.1, 0.15) is 27.0 Å². The molecule has 30 heavy (non-hydrogen) atoms. The van der Waals surface area contributed by atoms with Gasteiger partial charge in [0.15, 0.2) is 11.4 Å². The molecule has 0 spiro atoms. The van der Waals surface area contributed by atoms with E-state index in [9.17, 15) is 35.2 Å². The molecule has 0 aliphatic carbocycles. The highest BCUT2D eigenvalue weighted by atomic mass is 16.6. The third-order valence-electron chi connectivity index (χ3n) is 4.91. The molecule has 0 saturated carbocycles. The lowest BCUT2D eigenvalue weighted by Crippen LogP contribution is -2.30. The number of aromatic hydroxyl groups is 2. The van der Waals surface area contributed by atoms with Crippen LogP contribution in [0.5, 0.6) is 11.5 Å². The minimum Gasteiger partial charge on any atom is -0.508 e. The maximum atomic E-state index is 12.6. The van der Waals surface area contributed by atoms with Gasteiger partial charge in [0.2, 0.25) is 0 Å². The molecule has 0 saturated heterocycles. The minimum atomic E-state index is -1.90. The number of carbonyl (C=O) groups excluding carboxylic acids is 1. The van der Waals surface area contributed by atoms with Crippen molar-refractivity contribution < 1.29 is 29.6 Å². The zero-order valence-electron chi connectivity index (χ0n) is 15.0. The van der Waals surface area contributed by atoms with E-state index in [1.54, 1.807) is 12.1 Å². The number of hydrogen-bond acceptors (Lipinski definition) is 8.